The third kappa shape index (κ3) is 1.54. The van der Waals surface area contributed by atoms with E-state index in [0.29, 0.717) is 0 Å². The average Bonchev–Trinajstić information content (AvgIpc) is 3.11. The van der Waals surface area contributed by atoms with Crippen LogP contribution in [0.3, 0.4) is 0 Å². The minimum Gasteiger partial charge on any atom is -0.270 e. The molecule has 0 bridgehead atoms. The van der Waals surface area contributed by atoms with Crippen molar-refractivity contribution in [2.75, 3.05) is 0 Å². The van der Waals surface area contributed by atoms with E-state index in [1.165, 1.54) is 5.56 Å². The maximum Gasteiger partial charge on any atom is 0.134 e. The summed E-state index contributed by atoms with van der Waals surface area (Å²) in [5.41, 5.74) is 3.39. The third-order valence-corrected chi connectivity index (χ3v) is 2.50. The van der Waals surface area contributed by atoms with Crippen molar-refractivity contribution in [3.05, 3.63) is 66.0 Å². The quantitative estimate of drug-likeness (QED) is 0.721. The maximum atomic E-state index is 4.45. The molecule has 0 aliphatic carbocycles. The molecule has 2 aromatic rings. The van der Waals surface area contributed by atoms with Crippen LogP contribution in [0.1, 0.15) is 17.3 Å². The van der Waals surface area contributed by atoms with E-state index in [4.69, 9.17) is 0 Å². The largest absolute Gasteiger partial charge is 0.270 e. The monoisotopic (exact) mass is 194 g/mol. The van der Waals surface area contributed by atoms with Crippen LogP contribution >= 0.6 is 0 Å². The van der Waals surface area contributed by atoms with Crippen LogP contribution in [0.5, 0.6) is 0 Å². The lowest BCUT2D eigenvalue weighted by Gasteiger charge is -1.96. The Kier molecular flexibility index (Phi) is 1.85. The number of nitrogens with zero attached hydrogens (tertiary/aromatic N) is 2. The van der Waals surface area contributed by atoms with E-state index in [1.54, 1.807) is 0 Å². The molecule has 0 saturated carbocycles. The first-order valence-corrected chi connectivity index (χ1v) is 4.99. The first-order chi connectivity index (χ1) is 7.45. The van der Waals surface area contributed by atoms with Gasteiger partial charge in [0, 0.05) is 6.20 Å². The van der Waals surface area contributed by atoms with Gasteiger partial charge in [0.05, 0.1) is 11.4 Å². The summed E-state index contributed by atoms with van der Waals surface area (Å²) in [7, 11) is 0. The van der Waals surface area contributed by atoms with Gasteiger partial charge in [-0.2, -0.15) is 0 Å². The van der Waals surface area contributed by atoms with Crippen LogP contribution in [0.4, 0.5) is 0 Å². The highest BCUT2D eigenvalue weighted by molar-refractivity contribution is 6.13. The van der Waals surface area contributed by atoms with E-state index >= 15 is 0 Å². The molecule has 1 aromatic heterocycles. The fourth-order valence-corrected chi connectivity index (χ4v) is 1.69. The molecule has 0 radical (unpaired) electrons. The van der Waals surface area contributed by atoms with Crippen molar-refractivity contribution in [3.8, 4) is 0 Å². The molecule has 1 aliphatic heterocycles. The third-order valence-electron chi connectivity index (χ3n) is 2.50. The van der Waals surface area contributed by atoms with Gasteiger partial charge in [-0.1, -0.05) is 36.4 Å². The predicted octanol–water partition coefficient (Wildman–Crippen LogP) is 2.63. The zero-order chi connectivity index (χ0) is 10.1. The highest BCUT2D eigenvalue weighted by atomic mass is 15.0. The second-order valence-electron chi connectivity index (χ2n) is 3.54. The molecule has 2 heterocycles. The average molecular weight is 194 g/mol. The molecular weight excluding hydrogens is 184 g/mol. The van der Waals surface area contributed by atoms with Crippen LogP contribution in [0.25, 0.3) is 0 Å². The van der Waals surface area contributed by atoms with Gasteiger partial charge in [0.15, 0.2) is 0 Å². The van der Waals surface area contributed by atoms with Gasteiger partial charge < -0.3 is 0 Å². The second kappa shape index (κ2) is 3.31. The minimum absolute atomic E-state index is 0.189. The Morgan fingerprint density at radius 1 is 0.867 bits per heavy atom. The summed E-state index contributed by atoms with van der Waals surface area (Å²) in [6.07, 6.45) is 1.81. The van der Waals surface area contributed by atoms with Gasteiger partial charge >= 0.3 is 0 Å². The molecule has 0 N–H and O–H groups in total. The van der Waals surface area contributed by atoms with Crippen molar-refractivity contribution in [1.29, 1.82) is 0 Å². The van der Waals surface area contributed by atoms with Crippen molar-refractivity contribution >= 4 is 5.71 Å². The summed E-state index contributed by atoms with van der Waals surface area (Å²) in [6.45, 7) is 0. The van der Waals surface area contributed by atoms with E-state index in [9.17, 15) is 0 Å². The number of hydrogen-bond donors (Lipinski definition) is 0. The van der Waals surface area contributed by atoms with Crippen LogP contribution in [0, 0.1) is 0 Å². The topological polar surface area (TPSA) is 25.2 Å². The van der Waals surface area contributed by atoms with Gasteiger partial charge in [-0.15, -0.1) is 0 Å². The molecule has 1 atom stereocenters. The van der Waals surface area contributed by atoms with Crippen LogP contribution in [0.15, 0.2) is 59.7 Å². The van der Waals surface area contributed by atoms with Crippen molar-refractivity contribution in [1.82, 2.24) is 4.98 Å². The summed E-state index contributed by atoms with van der Waals surface area (Å²) in [5, 5.41) is 0. The summed E-state index contributed by atoms with van der Waals surface area (Å²) in [6, 6.07) is 16.4. The van der Waals surface area contributed by atoms with Crippen LogP contribution in [-0.2, 0) is 0 Å². The first-order valence-electron chi connectivity index (χ1n) is 4.99. The Morgan fingerprint density at radius 3 is 2.40 bits per heavy atom. The lowest BCUT2D eigenvalue weighted by atomic mass is 10.1. The summed E-state index contributed by atoms with van der Waals surface area (Å²) in [5.74, 6) is 0. The lowest BCUT2D eigenvalue weighted by Crippen LogP contribution is -1.94. The molecule has 0 fully saturated rings. The van der Waals surface area contributed by atoms with Gasteiger partial charge in [0.25, 0.3) is 0 Å². The number of aliphatic imine (C=N–C) groups is 1. The normalized spacial score (nSPS) is 18.4. The molecule has 72 valence electrons. The molecule has 0 unspecified atom stereocenters. The first kappa shape index (κ1) is 8.36. The van der Waals surface area contributed by atoms with Crippen LogP contribution in [-0.4, -0.2) is 10.7 Å². The summed E-state index contributed by atoms with van der Waals surface area (Å²) >= 11 is 0. The number of hydrogen-bond acceptors (Lipinski definition) is 2. The molecule has 0 amide bonds. The molecule has 2 heteroatoms. The van der Waals surface area contributed by atoms with E-state index in [1.807, 2.05) is 42.6 Å². The highest BCUT2D eigenvalue weighted by Crippen LogP contribution is 2.33. The molecule has 2 nitrogen and oxygen atoms in total. The smallest absolute Gasteiger partial charge is 0.134 e. The Labute approximate surface area is 88.3 Å². The molecule has 3 rings (SSSR count). The zero-order valence-corrected chi connectivity index (χ0v) is 8.17. The van der Waals surface area contributed by atoms with Gasteiger partial charge in [-0.3, -0.25) is 9.98 Å². The Bertz CT molecular complexity index is 488. The zero-order valence-electron chi connectivity index (χ0n) is 8.17. The molecule has 15 heavy (non-hydrogen) atoms. The van der Waals surface area contributed by atoms with E-state index in [0.717, 1.165) is 11.4 Å². The fourth-order valence-electron chi connectivity index (χ4n) is 1.69. The molecular formula is C13H10N2. The van der Waals surface area contributed by atoms with Crippen molar-refractivity contribution < 1.29 is 0 Å². The fraction of sp³-hybridized carbons (Fsp3) is 0.0769. The molecule has 1 aliphatic rings. The van der Waals surface area contributed by atoms with Gasteiger partial charge in [-0.05, 0) is 17.7 Å². The SMILES string of the molecule is c1ccc(C2=N[C@H]2c2ccccn2)cc1. The molecule has 0 saturated heterocycles. The predicted molar refractivity (Wildman–Crippen MR) is 60.0 cm³/mol. The number of rotatable bonds is 2. The Hall–Kier alpha value is -1.96. The van der Waals surface area contributed by atoms with Gasteiger partial charge in [-0.25, -0.2) is 0 Å². The number of benzene rings is 1. The molecule has 1 aromatic carbocycles. The van der Waals surface area contributed by atoms with E-state index in [-0.39, 0.29) is 6.04 Å². The maximum absolute atomic E-state index is 4.45. The molecule has 0 spiro atoms. The van der Waals surface area contributed by atoms with Gasteiger partial charge in [0.1, 0.15) is 6.04 Å². The van der Waals surface area contributed by atoms with Crippen molar-refractivity contribution in [2.24, 2.45) is 4.99 Å². The Morgan fingerprint density at radius 2 is 1.67 bits per heavy atom. The standard InChI is InChI=1S/C13H10N2/c1-2-6-10(7-3-1)12-13(15-12)11-8-4-5-9-14-11/h1-9,13H/t13-/m0/s1. The van der Waals surface area contributed by atoms with Crippen LogP contribution < -0.4 is 0 Å². The summed E-state index contributed by atoms with van der Waals surface area (Å²) in [4.78, 5) is 8.75. The second-order valence-corrected chi connectivity index (χ2v) is 3.54. The lowest BCUT2D eigenvalue weighted by molar-refractivity contribution is 1.03. The minimum atomic E-state index is 0.189. The summed E-state index contributed by atoms with van der Waals surface area (Å²) < 4.78 is 0. The number of pyridine rings is 1. The Balaban J connectivity index is 1.83. The van der Waals surface area contributed by atoms with Gasteiger partial charge in [0.2, 0.25) is 0 Å². The number of aromatic nitrogens is 1. The van der Waals surface area contributed by atoms with Crippen molar-refractivity contribution in [2.45, 2.75) is 6.04 Å². The van der Waals surface area contributed by atoms with E-state index in [2.05, 4.69) is 22.1 Å². The highest BCUT2D eigenvalue weighted by Gasteiger charge is 2.31. The van der Waals surface area contributed by atoms with Crippen molar-refractivity contribution in [3.63, 3.8) is 0 Å². The van der Waals surface area contributed by atoms with E-state index < -0.39 is 0 Å². The van der Waals surface area contributed by atoms with Crippen LogP contribution in [0.2, 0.25) is 0 Å².